The van der Waals surface area contributed by atoms with Gasteiger partial charge in [-0.3, -0.25) is 4.79 Å². The summed E-state index contributed by atoms with van der Waals surface area (Å²) in [6.45, 7) is 5.19. The largest absolute Gasteiger partial charge is 0.497 e. The van der Waals surface area contributed by atoms with Crippen LogP contribution < -0.4 is 15.1 Å². The fourth-order valence-electron chi connectivity index (χ4n) is 3.43. The molecule has 0 amide bonds. The van der Waals surface area contributed by atoms with Gasteiger partial charge in [-0.2, -0.15) is 0 Å². The topological polar surface area (TPSA) is 46.5 Å². The molecule has 0 unspecified atom stereocenters. The zero-order valence-electron chi connectivity index (χ0n) is 13.5. The molecule has 118 valence electrons. The summed E-state index contributed by atoms with van der Waals surface area (Å²) in [5.74, 6) is 0.731. The highest BCUT2D eigenvalue weighted by atomic mass is 16.5. The van der Waals surface area contributed by atoms with Crippen molar-refractivity contribution in [1.29, 1.82) is 0 Å². The van der Waals surface area contributed by atoms with Gasteiger partial charge in [-0.15, -0.1) is 0 Å². The fraction of sp³-hybridized carbons (Fsp3) is 0.500. The molecular formula is C18H25N2O2+. The number of hydrogen-bond acceptors (Lipinski definition) is 2. The summed E-state index contributed by atoms with van der Waals surface area (Å²) in [6, 6.07) is 5.65. The Morgan fingerprint density at radius 1 is 1.18 bits per heavy atom. The summed E-state index contributed by atoms with van der Waals surface area (Å²) in [6.07, 6.45) is 5.20. The first-order valence-corrected chi connectivity index (χ1v) is 8.22. The average molecular weight is 301 g/mol. The number of hydrogen-bond donors (Lipinski definition) is 2. The maximum absolute atomic E-state index is 12.9. The predicted octanol–water partition coefficient (Wildman–Crippen LogP) is 1.80. The predicted molar refractivity (Wildman–Crippen MR) is 88.7 cm³/mol. The summed E-state index contributed by atoms with van der Waals surface area (Å²) >= 11 is 0. The lowest BCUT2D eigenvalue weighted by molar-refractivity contribution is -0.913. The molecule has 2 aromatic rings. The number of aromatic amines is 1. The van der Waals surface area contributed by atoms with Crippen LogP contribution in [0.25, 0.3) is 10.9 Å². The van der Waals surface area contributed by atoms with Crippen molar-refractivity contribution in [3.63, 3.8) is 0 Å². The highest BCUT2D eigenvalue weighted by Crippen LogP contribution is 2.18. The Balaban J connectivity index is 1.99. The number of ether oxygens (including phenoxy) is 1. The van der Waals surface area contributed by atoms with Crippen molar-refractivity contribution in [3.05, 3.63) is 39.7 Å². The Morgan fingerprint density at radius 3 is 2.59 bits per heavy atom. The van der Waals surface area contributed by atoms with Gasteiger partial charge in [0.25, 0.3) is 0 Å². The zero-order chi connectivity index (χ0) is 15.5. The van der Waals surface area contributed by atoms with Crippen molar-refractivity contribution >= 4 is 10.9 Å². The standard InChI is InChI=1S/C18H24N2O2/c1-13-16(12-20-9-5-3-4-6-10-20)18(21)15-11-14(22-2)7-8-17(15)19-13/h7-8,11H,3-6,9-10,12H2,1-2H3,(H,19,21)/p+1. The van der Waals surface area contributed by atoms with Crippen molar-refractivity contribution in [2.75, 3.05) is 20.2 Å². The number of benzene rings is 1. The van der Waals surface area contributed by atoms with E-state index >= 15 is 0 Å². The van der Waals surface area contributed by atoms with Crippen molar-refractivity contribution in [1.82, 2.24) is 4.98 Å². The van der Waals surface area contributed by atoms with Gasteiger partial charge < -0.3 is 14.6 Å². The van der Waals surface area contributed by atoms with E-state index in [2.05, 4.69) is 4.98 Å². The normalized spacial score (nSPS) is 16.6. The molecule has 1 aliphatic heterocycles. The van der Waals surface area contributed by atoms with E-state index in [-0.39, 0.29) is 5.43 Å². The van der Waals surface area contributed by atoms with Crippen LogP contribution in [0.5, 0.6) is 5.75 Å². The molecule has 1 saturated heterocycles. The van der Waals surface area contributed by atoms with Gasteiger partial charge in [-0.05, 0) is 50.8 Å². The summed E-state index contributed by atoms with van der Waals surface area (Å²) in [4.78, 5) is 17.8. The number of pyridine rings is 1. The molecular weight excluding hydrogens is 276 g/mol. The molecule has 1 fully saturated rings. The third-order valence-corrected chi connectivity index (χ3v) is 4.76. The number of H-pyrrole nitrogens is 1. The Bertz CT molecular complexity index is 713. The van der Waals surface area contributed by atoms with Crippen LogP contribution in [0.4, 0.5) is 0 Å². The van der Waals surface area contributed by atoms with Crippen LogP contribution in [0.2, 0.25) is 0 Å². The molecule has 0 bridgehead atoms. The van der Waals surface area contributed by atoms with Crippen molar-refractivity contribution in [2.24, 2.45) is 0 Å². The first-order valence-electron chi connectivity index (χ1n) is 8.22. The van der Waals surface area contributed by atoms with Crippen LogP contribution in [0.1, 0.15) is 36.9 Å². The monoisotopic (exact) mass is 301 g/mol. The van der Waals surface area contributed by atoms with Gasteiger partial charge >= 0.3 is 0 Å². The molecule has 0 spiro atoms. The van der Waals surface area contributed by atoms with Gasteiger partial charge in [0, 0.05) is 16.6 Å². The average Bonchev–Trinajstić information content (AvgIpc) is 2.80. The fourth-order valence-corrected chi connectivity index (χ4v) is 3.43. The Labute approximate surface area is 131 Å². The van der Waals surface area contributed by atoms with E-state index in [1.807, 2.05) is 25.1 Å². The van der Waals surface area contributed by atoms with Crippen molar-refractivity contribution in [3.8, 4) is 5.75 Å². The molecule has 2 heterocycles. The summed E-state index contributed by atoms with van der Waals surface area (Å²) in [7, 11) is 1.63. The molecule has 0 atom stereocenters. The van der Waals surface area contributed by atoms with E-state index in [0.717, 1.165) is 34.5 Å². The molecule has 1 aliphatic rings. The molecule has 22 heavy (non-hydrogen) atoms. The van der Waals surface area contributed by atoms with Gasteiger partial charge in [-0.1, -0.05) is 0 Å². The molecule has 4 heteroatoms. The minimum absolute atomic E-state index is 0.155. The summed E-state index contributed by atoms with van der Waals surface area (Å²) in [5.41, 5.74) is 2.97. The van der Waals surface area contributed by atoms with E-state index in [0.29, 0.717) is 0 Å². The van der Waals surface area contributed by atoms with Crippen molar-refractivity contribution in [2.45, 2.75) is 39.2 Å². The molecule has 2 N–H and O–H groups in total. The number of aromatic nitrogens is 1. The van der Waals surface area contributed by atoms with E-state index in [9.17, 15) is 4.79 Å². The van der Waals surface area contributed by atoms with E-state index in [1.165, 1.54) is 43.7 Å². The maximum Gasteiger partial charge on any atom is 0.198 e. The Kier molecular flexibility index (Phi) is 4.48. The van der Waals surface area contributed by atoms with Crippen LogP contribution >= 0.6 is 0 Å². The second kappa shape index (κ2) is 6.53. The van der Waals surface area contributed by atoms with Gasteiger partial charge in [0.15, 0.2) is 5.43 Å². The number of fused-ring (bicyclic) bond motifs is 1. The first kappa shape index (κ1) is 15.1. The lowest BCUT2D eigenvalue weighted by Gasteiger charge is -2.18. The van der Waals surface area contributed by atoms with Gasteiger partial charge in [0.2, 0.25) is 0 Å². The minimum atomic E-state index is 0.155. The number of nitrogens with one attached hydrogen (secondary N) is 2. The highest BCUT2D eigenvalue weighted by molar-refractivity contribution is 5.81. The van der Waals surface area contributed by atoms with Gasteiger partial charge in [0.1, 0.15) is 12.3 Å². The highest BCUT2D eigenvalue weighted by Gasteiger charge is 2.18. The third kappa shape index (κ3) is 3.02. The lowest BCUT2D eigenvalue weighted by atomic mass is 10.1. The number of quaternary nitrogens is 1. The summed E-state index contributed by atoms with van der Waals surface area (Å²) < 4.78 is 5.26. The molecule has 0 saturated carbocycles. The first-order chi connectivity index (χ1) is 10.7. The smallest absolute Gasteiger partial charge is 0.198 e. The molecule has 1 aromatic carbocycles. The van der Waals surface area contributed by atoms with Crippen LogP contribution in [-0.4, -0.2) is 25.2 Å². The van der Waals surface area contributed by atoms with Crippen LogP contribution in [-0.2, 0) is 6.54 Å². The Morgan fingerprint density at radius 2 is 1.91 bits per heavy atom. The van der Waals surface area contributed by atoms with E-state index in [4.69, 9.17) is 4.74 Å². The third-order valence-electron chi connectivity index (χ3n) is 4.76. The van der Waals surface area contributed by atoms with Crippen LogP contribution in [0, 0.1) is 6.92 Å². The zero-order valence-corrected chi connectivity index (χ0v) is 13.5. The molecule has 1 aromatic heterocycles. The summed E-state index contributed by atoms with van der Waals surface area (Å²) in [5, 5.41) is 0.731. The van der Waals surface area contributed by atoms with E-state index < -0.39 is 0 Å². The second-order valence-electron chi connectivity index (χ2n) is 6.31. The number of rotatable bonds is 3. The molecule has 4 nitrogen and oxygen atoms in total. The number of methoxy groups -OCH3 is 1. The Hall–Kier alpha value is -1.81. The second-order valence-corrected chi connectivity index (χ2v) is 6.31. The minimum Gasteiger partial charge on any atom is -0.497 e. The molecule has 0 radical (unpaired) electrons. The maximum atomic E-state index is 12.9. The van der Waals surface area contributed by atoms with Crippen molar-refractivity contribution < 1.29 is 9.64 Å². The van der Waals surface area contributed by atoms with Crippen LogP contribution in [0.3, 0.4) is 0 Å². The van der Waals surface area contributed by atoms with Gasteiger partial charge in [0.05, 0.1) is 25.8 Å². The van der Waals surface area contributed by atoms with E-state index in [1.54, 1.807) is 7.11 Å². The number of aryl methyl sites for hydroxylation is 1. The lowest BCUT2D eigenvalue weighted by Crippen LogP contribution is -3.10. The number of likely N-dealkylation sites (tertiary alicyclic amines) is 1. The molecule has 3 rings (SSSR count). The van der Waals surface area contributed by atoms with Gasteiger partial charge in [-0.25, -0.2) is 0 Å². The van der Waals surface area contributed by atoms with Crippen LogP contribution in [0.15, 0.2) is 23.0 Å². The quantitative estimate of drug-likeness (QED) is 0.908. The SMILES string of the molecule is COc1ccc2[nH]c(C)c(C[NH+]3CCCCCC3)c(=O)c2c1. The molecule has 0 aliphatic carbocycles.